The van der Waals surface area contributed by atoms with E-state index in [0.717, 1.165) is 19.6 Å². The van der Waals surface area contributed by atoms with Gasteiger partial charge in [-0.3, -0.25) is 0 Å². The molecule has 104 valence electrons. The fraction of sp³-hybridized carbons (Fsp3) is 0.786. The Balaban J connectivity index is 2.71. The lowest BCUT2D eigenvalue weighted by Crippen LogP contribution is -2.19. The zero-order chi connectivity index (χ0) is 13.7. The summed E-state index contributed by atoms with van der Waals surface area (Å²) in [7, 11) is 4.18. The molecule has 0 aromatic carbocycles. The van der Waals surface area contributed by atoms with E-state index in [1.54, 1.807) is 0 Å². The first-order valence-corrected chi connectivity index (χ1v) is 7.55. The van der Waals surface area contributed by atoms with E-state index < -0.39 is 0 Å². The summed E-state index contributed by atoms with van der Waals surface area (Å²) >= 11 is 1.85. The Hall–Kier alpha value is -0.450. The van der Waals surface area contributed by atoms with Crippen molar-refractivity contribution >= 4 is 11.3 Å². The minimum absolute atomic E-state index is 0.507. The van der Waals surface area contributed by atoms with Gasteiger partial charge in [-0.05, 0) is 32.5 Å². The van der Waals surface area contributed by atoms with Gasteiger partial charge in [-0.2, -0.15) is 0 Å². The van der Waals surface area contributed by atoms with Crippen LogP contribution in [0.2, 0.25) is 0 Å². The molecule has 1 rings (SSSR count). The van der Waals surface area contributed by atoms with Crippen molar-refractivity contribution in [3.8, 4) is 0 Å². The van der Waals surface area contributed by atoms with Crippen LogP contribution in [0.15, 0.2) is 0 Å². The Bertz CT molecular complexity index is 356. The third-order valence-electron chi connectivity index (χ3n) is 2.61. The molecule has 0 aliphatic carbocycles. The van der Waals surface area contributed by atoms with E-state index in [9.17, 15) is 0 Å². The molecule has 0 amide bonds. The highest BCUT2D eigenvalue weighted by atomic mass is 32.1. The second-order valence-electron chi connectivity index (χ2n) is 5.83. The largest absolute Gasteiger partial charge is 0.312 e. The van der Waals surface area contributed by atoms with Gasteiger partial charge >= 0.3 is 0 Å². The Morgan fingerprint density at radius 1 is 1.22 bits per heavy atom. The molecule has 0 saturated carbocycles. The molecule has 0 radical (unpaired) electrons. The van der Waals surface area contributed by atoms with Crippen molar-refractivity contribution in [1.29, 1.82) is 0 Å². The van der Waals surface area contributed by atoms with Crippen LogP contribution in [0.25, 0.3) is 0 Å². The number of hydrogen-bond donors (Lipinski definition) is 1. The molecule has 0 aliphatic heterocycles. The average Bonchev–Trinajstić information content (AvgIpc) is 2.59. The van der Waals surface area contributed by atoms with Gasteiger partial charge in [-0.1, -0.05) is 27.7 Å². The van der Waals surface area contributed by atoms with Crippen LogP contribution in [0, 0.1) is 5.92 Å². The number of nitrogens with one attached hydrogen (secondary N) is 1. The van der Waals surface area contributed by atoms with Crippen LogP contribution in [0.1, 0.15) is 49.2 Å². The molecular weight excluding hydrogens is 242 g/mol. The monoisotopic (exact) mass is 269 g/mol. The molecular formula is C14H27N3S. The smallest absolute Gasteiger partial charge is 0.107 e. The predicted octanol–water partition coefficient (Wildman–Crippen LogP) is 3.07. The van der Waals surface area contributed by atoms with Gasteiger partial charge in [0.25, 0.3) is 0 Å². The summed E-state index contributed by atoms with van der Waals surface area (Å²) in [5, 5.41) is 4.75. The van der Waals surface area contributed by atoms with Crippen molar-refractivity contribution in [3.05, 3.63) is 15.6 Å². The zero-order valence-electron chi connectivity index (χ0n) is 12.6. The molecule has 0 saturated heterocycles. The van der Waals surface area contributed by atoms with Crippen molar-refractivity contribution in [2.75, 3.05) is 20.6 Å². The molecule has 1 heterocycles. The number of hydrogen-bond acceptors (Lipinski definition) is 4. The third kappa shape index (κ3) is 5.04. The van der Waals surface area contributed by atoms with Crippen LogP contribution >= 0.6 is 11.3 Å². The minimum Gasteiger partial charge on any atom is -0.312 e. The first-order chi connectivity index (χ1) is 8.40. The maximum atomic E-state index is 4.78. The first-order valence-electron chi connectivity index (χ1n) is 6.74. The van der Waals surface area contributed by atoms with Crippen LogP contribution in [0.3, 0.4) is 0 Å². The SMILES string of the molecule is CC(C)CNCc1sc(CN(C)C)nc1C(C)C. The summed E-state index contributed by atoms with van der Waals surface area (Å²) < 4.78 is 0. The van der Waals surface area contributed by atoms with E-state index in [-0.39, 0.29) is 0 Å². The minimum atomic E-state index is 0.507. The van der Waals surface area contributed by atoms with Crippen molar-refractivity contribution in [2.45, 2.75) is 46.7 Å². The molecule has 0 atom stereocenters. The van der Waals surface area contributed by atoms with E-state index in [4.69, 9.17) is 4.98 Å². The number of rotatable bonds is 7. The van der Waals surface area contributed by atoms with E-state index in [2.05, 4.69) is 52.0 Å². The quantitative estimate of drug-likeness (QED) is 0.824. The molecule has 18 heavy (non-hydrogen) atoms. The van der Waals surface area contributed by atoms with Crippen LogP contribution in [0.4, 0.5) is 0 Å². The topological polar surface area (TPSA) is 28.2 Å². The Morgan fingerprint density at radius 3 is 2.39 bits per heavy atom. The summed E-state index contributed by atoms with van der Waals surface area (Å²) in [5.41, 5.74) is 1.27. The summed E-state index contributed by atoms with van der Waals surface area (Å²) in [5.74, 6) is 1.20. The molecule has 0 unspecified atom stereocenters. The van der Waals surface area contributed by atoms with Gasteiger partial charge in [0.1, 0.15) is 5.01 Å². The van der Waals surface area contributed by atoms with E-state index in [1.807, 2.05) is 11.3 Å². The van der Waals surface area contributed by atoms with Gasteiger partial charge in [-0.25, -0.2) is 4.98 Å². The molecule has 0 fully saturated rings. The number of thiazole rings is 1. The normalized spacial score (nSPS) is 12.1. The lowest BCUT2D eigenvalue weighted by molar-refractivity contribution is 0.401. The van der Waals surface area contributed by atoms with Crippen LogP contribution in [-0.2, 0) is 13.1 Å². The fourth-order valence-electron chi connectivity index (χ4n) is 1.80. The first kappa shape index (κ1) is 15.6. The standard InChI is InChI=1S/C14H27N3S/c1-10(2)7-15-8-12-14(11(3)4)16-13(18-12)9-17(5)6/h10-11,15H,7-9H2,1-6H3. The Morgan fingerprint density at radius 2 is 1.89 bits per heavy atom. The lowest BCUT2D eigenvalue weighted by atomic mass is 10.1. The summed E-state index contributed by atoms with van der Waals surface area (Å²) in [4.78, 5) is 8.36. The van der Waals surface area contributed by atoms with Crippen molar-refractivity contribution in [3.63, 3.8) is 0 Å². The second kappa shape index (κ2) is 7.22. The van der Waals surface area contributed by atoms with E-state index in [1.165, 1.54) is 15.6 Å². The Kier molecular flexibility index (Phi) is 6.26. The van der Waals surface area contributed by atoms with E-state index >= 15 is 0 Å². The van der Waals surface area contributed by atoms with Crippen molar-refractivity contribution < 1.29 is 0 Å². The van der Waals surface area contributed by atoms with Crippen LogP contribution in [0.5, 0.6) is 0 Å². The molecule has 1 aromatic heterocycles. The fourth-order valence-corrected chi connectivity index (χ4v) is 3.12. The maximum Gasteiger partial charge on any atom is 0.107 e. The highest BCUT2D eigenvalue weighted by molar-refractivity contribution is 7.11. The molecule has 0 spiro atoms. The lowest BCUT2D eigenvalue weighted by Gasteiger charge is -2.08. The van der Waals surface area contributed by atoms with Gasteiger partial charge < -0.3 is 10.2 Å². The predicted molar refractivity (Wildman–Crippen MR) is 80.1 cm³/mol. The molecule has 4 heteroatoms. The second-order valence-corrected chi connectivity index (χ2v) is 7.00. The molecule has 1 aromatic rings. The molecule has 3 nitrogen and oxygen atoms in total. The summed E-state index contributed by atoms with van der Waals surface area (Å²) in [6.45, 7) is 11.9. The summed E-state index contributed by atoms with van der Waals surface area (Å²) in [6.07, 6.45) is 0. The third-order valence-corrected chi connectivity index (χ3v) is 3.66. The maximum absolute atomic E-state index is 4.78. The van der Waals surface area contributed by atoms with Crippen LogP contribution in [-0.4, -0.2) is 30.5 Å². The number of nitrogens with zero attached hydrogens (tertiary/aromatic N) is 2. The number of aromatic nitrogens is 1. The van der Waals surface area contributed by atoms with Gasteiger partial charge in [0, 0.05) is 18.0 Å². The van der Waals surface area contributed by atoms with Gasteiger partial charge in [0.15, 0.2) is 0 Å². The highest BCUT2D eigenvalue weighted by Gasteiger charge is 2.14. The van der Waals surface area contributed by atoms with Gasteiger partial charge in [-0.15, -0.1) is 11.3 Å². The average molecular weight is 269 g/mol. The zero-order valence-corrected chi connectivity index (χ0v) is 13.4. The summed E-state index contributed by atoms with van der Waals surface area (Å²) in [6, 6.07) is 0. The van der Waals surface area contributed by atoms with Crippen molar-refractivity contribution in [2.24, 2.45) is 5.92 Å². The Labute approximate surface area is 116 Å². The van der Waals surface area contributed by atoms with E-state index in [0.29, 0.717) is 11.8 Å². The highest BCUT2D eigenvalue weighted by Crippen LogP contribution is 2.25. The van der Waals surface area contributed by atoms with Crippen molar-refractivity contribution in [1.82, 2.24) is 15.2 Å². The van der Waals surface area contributed by atoms with Gasteiger partial charge in [0.2, 0.25) is 0 Å². The molecule has 0 aliphatic rings. The molecule has 1 N–H and O–H groups in total. The van der Waals surface area contributed by atoms with Crippen LogP contribution < -0.4 is 5.32 Å². The molecule has 0 bridgehead atoms. The van der Waals surface area contributed by atoms with Gasteiger partial charge in [0.05, 0.1) is 5.69 Å².